The molecule has 0 atom stereocenters. The molecule has 106 valence electrons. The fraction of sp³-hybridized carbons (Fsp3) is 0.714. The largest absolute Gasteiger partial charge is 0.369 e. The van der Waals surface area contributed by atoms with Gasteiger partial charge >= 0.3 is 0 Å². The van der Waals surface area contributed by atoms with Crippen LogP contribution in [0.2, 0.25) is 0 Å². The lowest BCUT2D eigenvalue weighted by atomic mass is 10.3. The summed E-state index contributed by atoms with van der Waals surface area (Å²) in [5, 5.41) is 3.41. The number of piperazine rings is 1. The molecule has 1 aromatic heterocycles. The lowest BCUT2D eigenvalue weighted by Gasteiger charge is -2.32. The van der Waals surface area contributed by atoms with Crippen LogP contribution in [0.5, 0.6) is 0 Å². The summed E-state index contributed by atoms with van der Waals surface area (Å²) >= 11 is 0. The molecule has 0 aliphatic carbocycles. The van der Waals surface area contributed by atoms with E-state index < -0.39 is 0 Å². The Kier molecular flexibility index (Phi) is 5.10. The predicted octanol–water partition coefficient (Wildman–Crippen LogP) is 1.01. The molecule has 2 heterocycles. The maximum Gasteiger partial charge on any atom is 0.129 e. The van der Waals surface area contributed by atoms with E-state index in [0.29, 0.717) is 0 Å². The number of aryl methyl sites for hydroxylation is 2. The molecule has 1 aromatic rings. The van der Waals surface area contributed by atoms with Crippen molar-refractivity contribution >= 4 is 5.82 Å². The molecule has 0 spiro atoms. The highest BCUT2D eigenvalue weighted by molar-refractivity contribution is 5.35. The van der Waals surface area contributed by atoms with Crippen LogP contribution in [0, 0.1) is 6.92 Å². The van der Waals surface area contributed by atoms with E-state index in [0.717, 1.165) is 36.8 Å². The van der Waals surface area contributed by atoms with Crippen LogP contribution in [0.1, 0.15) is 18.4 Å². The standard InChI is InChI=1S/C14H25N5/c1-4-13-11-14(17-12(2)16-13)15-5-6-19-9-7-18(3)8-10-19/h11H,4-10H2,1-3H3,(H,15,16,17). The van der Waals surface area contributed by atoms with E-state index >= 15 is 0 Å². The molecular weight excluding hydrogens is 238 g/mol. The lowest BCUT2D eigenvalue weighted by molar-refractivity contribution is 0.158. The van der Waals surface area contributed by atoms with Crippen molar-refractivity contribution in [1.82, 2.24) is 19.8 Å². The van der Waals surface area contributed by atoms with E-state index in [-0.39, 0.29) is 0 Å². The van der Waals surface area contributed by atoms with Crippen LogP contribution in [0.15, 0.2) is 6.07 Å². The fourth-order valence-electron chi connectivity index (χ4n) is 2.31. The van der Waals surface area contributed by atoms with Crippen molar-refractivity contribution in [3.8, 4) is 0 Å². The van der Waals surface area contributed by atoms with E-state index in [1.165, 1.54) is 26.2 Å². The summed E-state index contributed by atoms with van der Waals surface area (Å²) in [4.78, 5) is 13.7. The number of anilines is 1. The molecule has 1 N–H and O–H groups in total. The maximum absolute atomic E-state index is 4.43. The summed E-state index contributed by atoms with van der Waals surface area (Å²) in [5.41, 5.74) is 1.11. The van der Waals surface area contributed by atoms with Gasteiger partial charge in [0.1, 0.15) is 11.6 Å². The zero-order chi connectivity index (χ0) is 13.7. The third kappa shape index (κ3) is 4.44. The third-order valence-corrected chi connectivity index (χ3v) is 3.58. The zero-order valence-corrected chi connectivity index (χ0v) is 12.3. The second kappa shape index (κ2) is 6.82. The van der Waals surface area contributed by atoms with Gasteiger partial charge in [-0.05, 0) is 20.4 Å². The Morgan fingerprint density at radius 3 is 2.63 bits per heavy atom. The van der Waals surface area contributed by atoms with Gasteiger partial charge in [0.25, 0.3) is 0 Å². The number of rotatable bonds is 5. The first-order valence-electron chi connectivity index (χ1n) is 7.16. The monoisotopic (exact) mass is 263 g/mol. The molecule has 1 aliphatic rings. The van der Waals surface area contributed by atoms with Crippen LogP contribution in [0.4, 0.5) is 5.82 Å². The van der Waals surface area contributed by atoms with Crippen LogP contribution in [0.3, 0.4) is 0 Å². The molecule has 1 saturated heterocycles. The summed E-state index contributed by atoms with van der Waals surface area (Å²) in [7, 11) is 2.19. The van der Waals surface area contributed by atoms with Gasteiger partial charge in [0.05, 0.1) is 0 Å². The molecule has 5 nitrogen and oxygen atoms in total. The van der Waals surface area contributed by atoms with E-state index in [4.69, 9.17) is 0 Å². The minimum atomic E-state index is 0.849. The van der Waals surface area contributed by atoms with Gasteiger partial charge in [0, 0.05) is 51.0 Å². The number of hydrogen-bond acceptors (Lipinski definition) is 5. The van der Waals surface area contributed by atoms with Crippen LogP contribution in [-0.4, -0.2) is 66.1 Å². The lowest BCUT2D eigenvalue weighted by Crippen LogP contribution is -2.45. The molecule has 0 amide bonds. The van der Waals surface area contributed by atoms with Gasteiger partial charge in [-0.3, -0.25) is 4.90 Å². The van der Waals surface area contributed by atoms with Crippen molar-refractivity contribution in [2.45, 2.75) is 20.3 Å². The van der Waals surface area contributed by atoms with Crippen LogP contribution >= 0.6 is 0 Å². The molecule has 1 aliphatic heterocycles. The predicted molar refractivity (Wildman–Crippen MR) is 78.6 cm³/mol. The van der Waals surface area contributed by atoms with Gasteiger partial charge in [0.2, 0.25) is 0 Å². The Balaban J connectivity index is 1.77. The first-order chi connectivity index (χ1) is 9.17. The first-order valence-corrected chi connectivity index (χ1v) is 7.16. The molecule has 2 rings (SSSR count). The minimum Gasteiger partial charge on any atom is -0.369 e. The second-order valence-corrected chi connectivity index (χ2v) is 5.22. The summed E-state index contributed by atoms with van der Waals surface area (Å²) in [5.74, 6) is 1.81. The highest BCUT2D eigenvalue weighted by Crippen LogP contribution is 2.07. The van der Waals surface area contributed by atoms with Crippen molar-refractivity contribution in [3.63, 3.8) is 0 Å². The van der Waals surface area contributed by atoms with E-state index in [1.807, 2.05) is 6.92 Å². The van der Waals surface area contributed by atoms with Gasteiger partial charge < -0.3 is 10.2 Å². The molecular formula is C14H25N5. The van der Waals surface area contributed by atoms with Gasteiger partial charge in [0.15, 0.2) is 0 Å². The SMILES string of the molecule is CCc1cc(NCCN2CCN(C)CC2)nc(C)n1. The molecule has 1 fully saturated rings. The number of hydrogen-bond donors (Lipinski definition) is 1. The fourth-order valence-corrected chi connectivity index (χ4v) is 2.31. The van der Waals surface area contributed by atoms with E-state index in [9.17, 15) is 0 Å². The van der Waals surface area contributed by atoms with Gasteiger partial charge in [-0.2, -0.15) is 0 Å². The van der Waals surface area contributed by atoms with Crippen LogP contribution in [-0.2, 0) is 6.42 Å². The van der Waals surface area contributed by atoms with Gasteiger partial charge in [-0.15, -0.1) is 0 Å². The average Bonchev–Trinajstić information content (AvgIpc) is 2.40. The molecule has 5 heteroatoms. The van der Waals surface area contributed by atoms with Crippen molar-refractivity contribution < 1.29 is 0 Å². The second-order valence-electron chi connectivity index (χ2n) is 5.22. The Hall–Kier alpha value is -1.20. The summed E-state index contributed by atoms with van der Waals surface area (Å²) in [6.45, 7) is 10.8. The molecule has 0 saturated carbocycles. The van der Waals surface area contributed by atoms with Crippen molar-refractivity contribution in [1.29, 1.82) is 0 Å². The third-order valence-electron chi connectivity index (χ3n) is 3.58. The maximum atomic E-state index is 4.43. The number of likely N-dealkylation sites (N-methyl/N-ethyl adjacent to an activating group) is 1. The van der Waals surface area contributed by atoms with Crippen molar-refractivity contribution in [3.05, 3.63) is 17.6 Å². The molecule has 0 unspecified atom stereocenters. The summed E-state index contributed by atoms with van der Waals surface area (Å²) in [6.07, 6.45) is 0.955. The van der Waals surface area contributed by atoms with Crippen molar-refractivity contribution in [2.24, 2.45) is 0 Å². The molecule has 19 heavy (non-hydrogen) atoms. The topological polar surface area (TPSA) is 44.3 Å². The smallest absolute Gasteiger partial charge is 0.129 e. The Morgan fingerprint density at radius 2 is 1.95 bits per heavy atom. The highest BCUT2D eigenvalue weighted by atomic mass is 15.2. The van der Waals surface area contributed by atoms with Gasteiger partial charge in [-0.1, -0.05) is 6.92 Å². The van der Waals surface area contributed by atoms with Crippen molar-refractivity contribution in [2.75, 3.05) is 51.6 Å². The van der Waals surface area contributed by atoms with E-state index in [2.05, 4.69) is 45.1 Å². The minimum absolute atomic E-state index is 0.849. The summed E-state index contributed by atoms with van der Waals surface area (Å²) < 4.78 is 0. The number of nitrogens with one attached hydrogen (secondary N) is 1. The zero-order valence-electron chi connectivity index (χ0n) is 12.3. The highest BCUT2D eigenvalue weighted by Gasteiger charge is 2.12. The Morgan fingerprint density at radius 1 is 1.21 bits per heavy atom. The quantitative estimate of drug-likeness (QED) is 0.859. The van der Waals surface area contributed by atoms with Crippen LogP contribution in [0.25, 0.3) is 0 Å². The molecule has 0 radical (unpaired) electrons. The average molecular weight is 263 g/mol. The Labute approximate surface area is 116 Å². The van der Waals surface area contributed by atoms with E-state index in [1.54, 1.807) is 0 Å². The Bertz CT molecular complexity index is 399. The normalized spacial score (nSPS) is 17.6. The van der Waals surface area contributed by atoms with Gasteiger partial charge in [-0.25, -0.2) is 9.97 Å². The molecule has 0 aromatic carbocycles. The first kappa shape index (κ1) is 14.2. The van der Waals surface area contributed by atoms with Crippen LogP contribution < -0.4 is 5.32 Å². The molecule has 0 bridgehead atoms. The number of aromatic nitrogens is 2. The summed E-state index contributed by atoms with van der Waals surface area (Å²) in [6, 6.07) is 2.05. The number of nitrogens with zero attached hydrogens (tertiary/aromatic N) is 4.